The van der Waals surface area contributed by atoms with E-state index in [0.29, 0.717) is 12.0 Å². The Balaban J connectivity index is 1.71. The van der Waals surface area contributed by atoms with Gasteiger partial charge in [0.2, 0.25) is 5.95 Å². The average molecular weight is 304 g/mol. The Morgan fingerprint density at radius 3 is 2.61 bits per heavy atom. The summed E-state index contributed by atoms with van der Waals surface area (Å²) in [6.07, 6.45) is 6.86. The van der Waals surface area contributed by atoms with Crippen molar-refractivity contribution in [1.29, 1.82) is 0 Å². The van der Waals surface area contributed by atoms with Crippen molar-refractivity contribution in [1.82, 2.24) is 9.97 Å². The lowest BCUT2D eigenvalue weighted by Gasteiger charge is -2.25. The summed E-state index contributed by atoms with van der Waals surface area (Å²) in [4.78, 5) is 8.52. The van der Waals surface area contributed by atoms with Crippen LogP contribution in [0.5, 0.6) is 0 Å². The van der Waals surface area contributed by atoms with Crippen molar-refractivity contribution < 1.29 is 0 Å². The van der Waals surface area contributed by atoms with Crippen molar-refractivity contribution in [3.63, 3.8) is 0 Å². The smallest absolute Gasteiger partial charge is 0.222 e. The van der Waals surface area contributed by atoms with E-state index < -0.39 is 0 Å². The third-order valence-electron chi connectivity index (χ3n) is 3.30. The number of hydrogen-bond donors (Lipinski definition) is 1. The Hall–Kier alpha value is -1.42. The molecule has 1 aliphatic rings. The summed E-state index contributed by atoms with van der Waals surface area (Å²) in [7, 11) is 0. The van der Waals surface area contributed by atoms with Crippen LogP contribution in [-0.2, 0) is 12.8 Å². The van der Waals surface area contributed by atoms with Gasteiger partial charge < -0.3 is 5.32 Å². The molecule has 0 bridgehead atoms. The number of nitrogens with zero attached hydrogens (tertiary/aromatic N) is 2. The molecule has 18 heavy (non-hydrogen) atoms. The highest BCUT2D eigenvalue weighted by Crippen LogP contribution is 2.22. The van der Waals surface area contributed by atoms with Gasteiger partial charge in [-0.15, -0.1) is 0 Å². The second kappa shape index (κ2) is 5.06. The minimum atomic E-state index is 0.432. The maximum absolute atomic E-state index is 4.26. The first-order chi connectivity index (χ1) is 8.81. The SMILES string of the molecule is Brc1cnc(NC2CCc3ccccc3C2)nc1. The van der Waals surface area contributed by atoms with E-state index in [1.54, 1.807) is 12.4 Å². The summed E-state index contributed by atoms with van der Waals surface area (Å²) in [6, 6.07) is 9.09. The molecule has 1 aromatic carbocycles. The van der Waals surface area contributed by atoms with Gasteiger partial charge in [0.25, 0.3) is 0 Å². The summed E-state index contributed by atoms with van der Waals surface area (Å²) in [6.45, 7) is 0. The number of rotatable bonds is 2. The minimum Gasteiger partial charge on any atom is -0.351 e. The van der Waals surface area contributed by atoms with Crippen LogP contribution in [0.25, 0.3) is 0 Å². The second-order valence-corrected chi connectivity index (χ2v) is 5.49. The van der Waals surface area contributed by atoms with Gasteiger partial charge in [0.15, 0.2) is 0 Å². The fourth-order valence-corrected chi connectivity index (χ4v) is 2.60. The molecule has 3 nitrogen and oxygen atoms in total. The first-order valence-corrected chi connectivity index (χ1v) is 6.91. The van der Waals surface area contributed by atoms with Crippen molar-refractivity contribution in [3.8, 4) is 0 Å². The Kier molecular flexibility index (Phi) is 3.28. The number of fused-ring (bicyclic) bond motifs is 1. The largest absolute Gasteiger partial charge is 0.351 e. The zero-order valence-corrected chi connectivity index (χ0v) is 11.5. The quantitative estimate of drug-likeness (QED) is 0.926. The van der Waals surface area contributed by atoms with Crippen LogP contribution in [0.4, 0.5) is 5.95 Å². The molecule has 92 valence electrons. The van der Waals surface area contributed by atoms with E-state index in [4.69, 9.17) is 0 Å². The summed E-state index contributed by atoms with van der Waals surface area (Å²) in [5.74, 6) is 0.711. The predicted molar refractivity (Wildman–Crippen MR) is 75.6 cm³/mol. The monoisotopic (exact) mass is 303 g/mol. The zero-order valence-electron chi connectivity index (χ0n) is 9.94. The molecule has 0 fully saturated rings. The molecule has 2 aromatic rings. The number of aromatic nitrogens is 2. The molecule has 4 heteroatoms. The van der Waals surface area contributed by atoms with Crippen LogP contribution in [0.1, 0.15) is 17.5 Å². The van der Waals surface area contributed by atoms with Crippen LogP contribution >= 0.6 is 15.9 Å². The normalized spacial score (nSPS) is 18.2. The van der Waals surface area contributed by atoms with E-state index in [1.165, 1.54) is 11.1 Å². The summed E-state index contributed by atoms with van der Waals surface area (Å²) >= 11 is 3.34. The number of anilines is 1. The van der Waals surface area contributed by atoms with Crippen molar-refractivity contribution in [2.75, 3.05) is 5.32 Å². The standard InChI is InChI=1S/C14H14BrN3/c15-12-8-16-14(17-9-12)18-13-6-5-10-3-1-2-4-11(10)7-13/h1-4,8-9,13H,5-7H2,(H,16,17,18). The predicted octanol–water partition coefficient (Wildman–Crippen LogP) is 3.21. The van der Waals surface area contributed by atoms with Crippen LogP contribution in [0.2, 0.25) is 0 Å². The highest BCUT2D eigenvalue weighted by molar-refractivity contribution is 9.10. The van der Waals surface area contributed by atoms with Crippen molar-refractivity contribution >= 4 is 21.9 Å². The highest BCUT2D eigenvalue weighted by Gasteiger charge is 2.18. The molecular formula is C14H14BrN3. The van der Waals surface area contributed by atoms with Crippen molar-refractivity contribution in [3.05, 3.63) is 52.3 Å². The summed E-state index contributed by atoms with van der Waals surface area (Å²) in [5.41, 5.74) is 2.92. The molecule has 1 atom stereocenters. The van der Waals surface area contributed by atoms with Crippen LogP contribution in [0.15, 0.2) is 41.1 Å². The van der Waals surface area contributed by atoms with E-state index in [2.05, 4.69) is 55.5 Å². The molecule has 1 aliphatic carbocycles. The Morgan fingerprint density at radius 1 is 1.11 bits per heavy atom. The number of hydrogen-bond acceptors (Lipinski definition) is 3. The summed E-state index contributed by atoms with van der Waals surface area (Å²) < 4.78 is 0.905. The van der Waals surface area contributed by atoms with Gasteiger partial charge in [-0.2, -0.15) is 0 Å². The molecule has 1 N–H and O–H groups in total. The first-order valence-electron chi connectivity index (χ1n) is 6.12. The van der Waals surface area contributed by atoms with Crippen LogP contribution in [0, 0.1) is 0 Å². The fraction of sp³-hybridized carbons (Fsp3) is 0.286. The average Bonchev–Trinajstić information content (AvgIpc) is 2.41. The minimum absolute atomic E-state index is 0.432. The molecule has 0 amide bonds. The third kappa shape index (κ3) is 2.53. The maximum Gasteiger partial charge on any atom is 0.222 e. The number of aryl methyl sites for hydroxylation is 1. The van der Waals surface area contributed by atoms with Crippen LogP contribution in [0.3, 0.4) is 0 Å². The molecule has 0 aliphatic heterocycles. The van der Waals surface area contributed by atoms with Gasteiger partial charge in [-0.25, -0.2) is 9.97 Å². The van der Waals surface area contributed by atoms with E-state index in [9.17, 15) is 0 Å². The van der Waals surface area contributed by atoms with Gasteiger partial charge in [0.05, 0.1) is 4.47 Å². The molecule has 1 heterocycles. The lowest BCUT2D eigenvalue weighted by molar-refractivity contribution is 0.606. The first kappa shape index (κ1) is 11.7. The molecule has 3 rings (SSSR count). The number of halogens is 1. The van der Waals surface area contributed by atoms with Crippen LogP contribution < -0.4 is 5.32 Å². The van der Waals surface area contributed by atoms with E-state index in [0.717, 1.165) is 23.7 Å². The van der Waals surface area contributed by atoms with Crippen molar-refractivity contribution in [2.24, 2.45) is 0 Å². The lowest BCUT2D eigenvalue weighted by Crippen LogP contribution is -2.28. The van der Waals surface area contributed by atoms with Gasteiger partial charge in [0, 0.05) is 18.4 Å². The van der Waals surface area contributed by atoms with Gasteiger partial charge in [0.1, 0.15) is 0 Å². The lowest BCUT2D eigenvalue weighted by atomic mass is 9.88. The van der Waals surface area contributed by atoms with Crippen molar-refractivity contribution in [2.45, 2.75) is 25.3 Å². The Bertz CT molecular complexity index is 539. The molecule has 1 unspecified atom stereocenters. The van der Waals surface area contributed by atoms with E-state index in [-0.39, 0.29) is 0 Å². The van der Waals surface area contributed by atoms with E-state index >= 15 is 0 Å². The van der Waals surface area contributed by atoms with Crippen LogP contribution in [-0.4, -0.2) is 16.0 Å². The zero-order chi connectivity index (χ0) is 12.4. The molecule has 0 saturated heterocycles. The second-order valence-electron chi connectivity index (χ2n) is 4.58. The van der Waals surface area contributed by atoms with E-state index in [1.807, 2.05) is 0 Å². The topological polar surface area (TPSA) is 37.8 Å². The highest BCUT2D eigenvalue weighted by atomic mass is 79.9. The maximum atomic E-state index is 4.26. The molecule has 0 spiro atoms. The van der Waals surface area contributed by atoms with Gasteiger partial charge in [-0.1, -0.05) is 24.3 Å². The Morgan fingerprint density at radius 2 is 1.83 bits per heavy atom. The summed E-state index contributed by atoms with van der Waals surface area (Å²) in [5, 5.41) is 3.41. The van der Waals surface area contributed by atoms with Gasteiger partial charge >= 0.3 is 0 Å². The van der Waals surface area contributed by atoms with Gasteiger partial charge in [-0.3, -0.25) is 0 Å². The number of benzene rings is 1. The number of nitrogens with one attached hydrogen (secondary N) is 1. The molecule has 1 aromatic heterocycles. The fourth-order valence-electron chi connectivity index (χ4n) is 2.39. The molecule has 0 radical (unpaired) electrons. The molecular weight excluding hydrogens is 290 g/mol. The third-order valence-corrected chi connectivity index (χ3v) is 3.71. The molecule has 0 saturated carbocycles. The van der Waals surface area contributed by atoms with Gasteiger partial charge in [-0.05, 0) is 46.3 Å². The Labute approximate surface area is 115 Å².